The molecule has 43 valence electrons. The lowest BCUT2D eigenvalue weighted by molar-refractivity contribution is -0.133. The lowest BCUT2D eigenvalue weighted by Gasteiger charge is -1.98. The number of carboxylic acids is 1. The number of hydrogen-bond acceptors (Lipinski definition) is 3. The van der Waals surface area contributed by atoms with E-state index in [1.807, 2.05) is 5.48 Å². The lowest BCUT2D eigenvalue weighted by atomic mass is 10.5. The molecule has 8 heavy (non-hydrogen) atoms. The Balaban J connectivity index is 3.49. The highest BCUT2D eigenvalue weighted by Crippen LogP contribution is 1.79. The average Bonchev–Trinajstić information content (AvgIpc) is 1.67. The topological polar surface area (TPSA) is 58.6 Å². The number of hydrogen-bond donors (Lipinski definition) is 2. The second-order valence-corrected chi connectivity index (χ2v) is 1.19. The summed E-state index contributed by atoms with van der Waals surface area (Å²) in [6.45, 7) is 3.08. The zero-order valence-corrected chi connectivity index (χ0v) is 4.97. The van der Waals surface area contributed by atoms with Crippen LogP contribution in [0.5, 0.6) is 0 Å². The second kappa shape index (κ2) is 3.22. The Morgan fingerprint density at radius 3 is 2.50 bits per heavy atom. The molecule has 0 unspecified atom stereocenters. The highest BCUT2D eigenvalue weighted by Gasteiger charge is 1.98. The van der Waals surface area contributed by atoms with E-state index < -0.39 is 5.97 Å². The fraction of sp³-hybridized carbons (Fsp3) is 0. The van der Waals surface area contributed by atoms with E-state index >= 15 is 0 Å². The summed E-state index contributed by atoms with van der Waals surface area (Å²) in [4.78, 5) is 9.83. The second-order valence-electron chi connectivity index (χ2n) is 0.988. The third-order valence-electron chi connectivity index (χ3n) is 0.432. The van der Waals surface area contributed by atoms with Crippen LogP contribution in [-0.4, -0.2) is 21.6 Å². The van der Waals surface area contributed by atoms with Crippen LogP contribution < -0.4 is 5.48 Å². The van der Waals surface area contributed by atoms with Crippen LogP contribution in [0.3, 0.4) is 0 Å². The molecule has 0 saturated carbocycles. The molecule has 0 heterocycles. The molecule has 0 bridgehead atoms. The summed E-state index contributed by atoms with van der Waals surface area (Å²) in [7, 11) is 2.53. The van der Waals surface area contributed by atoms with Crippen molar-refractivity contribution >= 4 is 16.5 Å². The molecule has 0 saturated heterocycles. The van der Waals surface area contributed by atoms with Crippen molar-refractivity contribution in [2.45, 2.75) is 0 Å². The Morgan fingerprint density at radius 1 is 1.88 bits per heavy atom. The molecule has 0 fully saturated rings. The van der Waals surface area contributed by atoms with Crippen molar-refractivity contribution in [3.63, 3.8) is 0 Å². The molecule has 5 heteroatoms. The van der Waals surface area contributed by atoms with Crippen LogP contribution in [0.4, 0.5) is 0 Å². The van der Waals surface area contributed by atoms with Gasteiger partial charge in [0.05, 0.1) is 0 Å². The van der Waals surface area contributed by atoms with Gasteiger partial charge < -0.3 is 9.63 Å². The molecule has 0 aromatic carbocycles. The Hall–Kier alpha value is -0.813. The number of nitrogens with one attached hydrogen (secondary N) is 1. The molecule has 0 aromatic rings. The quantitative estimate of drug-likeness (QED) is 0.298. The van der Waals surface area contributed by atoms with Crippen LogP contribution in [0.2, 0.25) is 0 Å². The molecular weight excluding hydrogens is 126 g/mol. The van der Waals surface area contributed by atoms with Gasteiger partial charge in [-0.3, -0.25) is 5.48 Å². The van der Waals surface area contributed by atoms with Gasteiger partial charge in [0.25, 0.3) is 10.5 Å². The van der Waals surface area contributed by atoms with Gasteiger partial charge in [0, 0.05) is 0 Å². The normalized spacial score (nSPS) is 8.12. The summed E-state index contributed by atoms with van der Waals surface area (Å²) >= 11 is 0. The van der Waals surface area contributed by atoms with Crippen LogP contribution in [-0.2, 0) is 9.32 Å². The molecule has 0 aliphatic carbocycles. The molecule has 3 radical (unpaired) electrons. The minimum Gasteiger partial charge on any atom is -0.477 e. The van der Waals surface area contributed by atoms with Crippen LogP contribution in [0, 0.1) is 0 Å². The maximum atomic E-state index is 9.83. The zero-order valence-electron chi connectivity index (χ0n) is 3.97. The minimum absolute atomic E-state index is 0.222. The van der Waals surface area contributed by atoms with Gasteiger partial charge in [-0.05, 0) is 0 Å². The first-order valence-electron chi connectivity index (χ1n) is 1.69. The Morgan fingerprint density at radius 2 is 2.38 bits per heavy atom. The maximum absolute atomic E-state index is 9.83. The molecule has 0 rings (SSSR count). The van der Waals surface area contributed by atoms with Crippen molar-refractivity contribution in [2.75, 3.05) is 0 Å². The van der Waals surface area contributed by atoms with E-state index in [0.717, 1.165) is 0 Å². The van der Waals surface area contributed by atoms with E-state index in [0.29, 0.717) is 0 Å². The SMILES string of the molecule is C=C(NO[Si])C(=O)O. The van der Waals surface area contributed by atoms with E-state index in [1.165, 1.54) is 0 Å². The maximum Gasteiger partial charge on any atom is 0.353 e. The van der Waals surface area contributed by atoms with E-state index in [2.05, 4.69) is 21.6 Å². The van der Waals surface area contributed by atoms with Gasteiger partial charge in [0.2, 0.25) is 0 Å². The number of carboxylic acid groups (broad SMARTS) is 1. The first-order chi connectivity index (χ1) is 3.68. The fourth-order valence-electron chi connectivity index (χ4n) is 0.105. The summed E-state index contributed by atoms with van der Waals surface area (Å²) in [5.74, 6) is -1.15. The minimum atomic E-state index is -1.15. The van der Waals surface area contributed by atoms with Crippen molar-refractivity contribution in [1.82, 2.24) is 5.48 Å². The first kappa shape index (κ1) is 7.19. The van der Waals surface area contributed by atoms with Gasteiger partial charge in [0.15, 0.2) is 0 Å². The summed E-state index contributed by atoms with van der Waals surface area (Å²) in [5.41, 5.74) is 1.74. The summed E-state index contributed by atoms with van der Waals surface area (Å²) < 4.78 is 4.04. The third kappa shape index (κ3) is 2.38. The third-order valence-corrected chi connectivity index (χ3v) is 0.534. The van der Waals surface area contributed by atoms with E-state index in [1.54, 1.807) is 0 Å². The summed E-state index contributed by atoms with van der Waals surface area (Å²) in [6, 6.07) is 0. The van der Waals surface area contributed by atoms with Crippen LogP contribution in [0.1, 0.15) is 0 Å². The van der Waals surface area contributed by atoms with Crippen molar-refractivity contribution in [3.05, 3.63) is 12.3 Å². The monoisotopic (exact) mass is 130 g/mol. The summed E-state index contributed by atoms with van der Waals surface area (Å²) in [5, 5.41) is 8.05. The number of hydroxylamine groups is 1. The zero-order chi connectivity index (χ0) is 6.57. The molecule has 4 nitrogen and oxygen atoms in total. The van der Waals surface area contributed by atoms with Gasteiger partial charge in [0.1, 0.15) is 5.70 Å². The first-order valence-corrected chi connectivity index (χ1v) is 2.10. The van der Waals surface area contributed by atoms with Crippen molar-refractivity contribution in [3.8, 4) is 0 Å². The highest BCUT2D eigenvalue weighted by atomic mass is 28.2. The predicted octanol–water partition coefficient (Wildman–Crippen LogP) is -0.811. The molecule has 0 amide bonds. The van der Waals surface area contributed by atoms with Gasteiger partial charge in [-0.1, -0.05) is 6.58 Å². The highest BCUT2D eigenvalue weighted by molar-refractivity contribution is 5.98. The van der Waals surface area contributed by atoms with Crippen molar-refractivity contribution < 1.29 is 14.4 Å². The standard InChI is InChI=1S/C3H4NO3Si/c1-2(3(5)6)4-7-8/h4H,1H2,(H,5,6). The smallest absolute Gasteiger partial charge is 0.353 e. The summed E-state index contributed by atoms with van der Waals surface area (Å²) in [6.07, 6.45) is 0. The van der Waals surface area contributed by atoms with E-state index in [9.17, 15) is 4.79 Å². The molecule has 0 aliphatic rings. The van der Waals surface area contributed by atoms with Crippen LogP contribution in [0.15, 0.2) is 12.3 Å². The van der Waals surface area contributed by atoms with Gasteiger partial charge >= 0.3 is 5.97 Å². The Labute approximate surface area is 49.6 Å². The van der Waals surface area contributed by atoms with Crippen molar-refractivity contribution in [2.24, 2.45) is 0 Å². The lowest BCUT2D eigenvalue weighted by Crippen LogP contribution is -2.17. The van der Waals surface area contributed by atoms with Gasteiger partial charge in [-0.25, -0.2) is 4.79 Å². The fourth-order valence-corrected chi connectivity index (χ4v) is 0.228. The average molecular weight is 130 g/mol. The van der Waals surface area contributed by atoms with Crippen LogP contribution >= 0.6 is 0 Å². The van der Waals surface area contributed by atoms with E-state index in [-0.39, 0.29) is 5.70 Å². The molecule has 0 aliphatic heterocycles. The molecule has 0 atom stereocenters. The van der Waals surface area contributed by atoms with Gasteiger partial charge in [-0.15, -0.1) is 0 Å². The molecular formula is C3H4NO3Si. The molecule has 0 spiro atoms. The van der Waals surface area contributed by atoms with E-state index in [4.69, 9.17) is 5.11 Å². The number of carbonyl (C=O) groups is 1. The predicted molar refractivity (Wildman–Crippen MR) is 26.8 cm³/mol. The Kier molecular flexibility index (Phi) is 2.90. The van der Waals surface area contributed by atoms with Gasteiger partial charge in [-0.2, -0.15) is 0 Å². The Bertz CT molecular complexity index is 113. The molecule has 0 aromatic heterocycles. The largest absolute Gasteiger partial charge is 0.477 e. The number of rotatable bonds is 3. The number of aliphatic carboxylic acids is 1. The van der Waals surface area contributed by atoms with Crippen molar-refractivity contribution in [1.29, 1.82) is 0 Å². The molecule has 2 N–H and O–H groups in total. The van der Waals surface area contributed by atoms with Crippen LogP contribution in [0.25, 0.3) is 0 Å².